The summed E-state index contributed by atoms with van der Waals surface area (Å²) in [4.78, 5) is 0. The summed E-state index contributed by atoms with van der Waals surface area (Å²) in [6.07, 6.45) is 8.51. The molecule has 0 aromatic rings. The van der Waals surface area contributed by atoms with Gasteiger partial charge in [-0.1, -0.05) is 20.3 Å². The number of hydrogen-bond donors (Lipinski definition) is 1. The van der Waals surface area contributed by atoms with Gasteiger partial charge in [-0.25, -0.2) is 0 Å². The molecule has 2 atom stereocenters. The Balaban J connectivity index is 3.33. The van der Waals surface area contributed by atoms with Crippen LogP contribution in [-0.2, 0) is 0 Å². The van der Waals surface area contributed by atoms with Crippen molar-refractivity contribution in [2.24, 2.45) is 5.92 Å². The van der Waals surface area contributed by atoms with Crippen molar-refractivity contribution in [1.82, 2.24) is 5.32 Å². The van der Waals surface area contributed by atoms with Crippen LogP contribution in [0.2, 0.25) is 0 Å². The van der Waals surface area contributed by atoms with Gasteiger partial charge < -0.3 is 5.32 Å². The van der Waals surface area contributed by atoms with Gasteiger partial charge in [0.15, 0.2) is 0 Å². The van der Waals surface area contributed by atoms with Crippen LogP contribution in [0.25, 0.3) is 0 Å². The van der Waals surface area contributed by atoms with Gasteiger partial charge >= 0.3 is 0 Å². The molecule has 0 aromatic carbocycles. The fourth-order valence-electron chi connectivity index (χ4n) is 1.24. The Morgan fingerprint density at radius 2 is 2.08 bits per heavy atom. The molecule has 70 valence electrons. The average Bonchev–Trinajstić information content (AvgIpc) is 2.05. The van der Waals surface area contributed by atoms with Gasteiger partial charge in [-0.15, -0.1) is 12.3 Å². The maximum atomic E-state index is 5.15. The molecular formula is C11H21N. The molecule has 0 radical (unpaired) electrons. The van der Waals surface area contributed by atoms with Crippen LogP contribution >= 0.6 is 0 Å². The van der Waals surface area contributed by atoms with Crippen LogP contribution in [0.15, 0.2) is 0 Å². The number of rotatable bonds is 6. The van der Waals surface area contributed by atoms with Crippen molar-refractivity contribution in [2.75, 3.05) is 6.54 Å². The third-order valence-corrected chi connectivity index (χ3v) is 2.21. The Morgan fingerprint density at radius 1 is 1.42 bits per heavy atom. The monoisotopic (exact) mass is 167 g/mol. The van der Waals surface area contributed by atoms with E-state index in [4.69, 9.17) is 6.42 Å². The van der Waals surface area contributed by atoms with Crippen molar-refractivity contribution < 1.29 is 0 Å². The quantitative estimate of drug-likeness (QED) is 0.473. The van der Waals surface area contributed by atoms with Gasteiger partial charge in [-0.3, -0.25) is 0 Å². The topological polar surface area (TPSA) is 12.0 Å². The van der Waals surface area contributed by atoms with Crippen molar-refractivity contribution in [3.63, 3.8) is 0 Å². The van der Waals surface area contributed by atoms with E-state index < -0.39 is 0 Å². The summed E-state index contributed by atoms with van der Waals surface area (Å²) in [7, 11) is 0. The maximum Gasteiger partial charge on any atom is 0.0211 e. The lowest BCUT2D eigenvalue weighted by Crippen LogP contribution is -2.28. The highest BCUT2D eigenvalue weighted by Crippen LogP contribution is 2.08. The molecule has 1 N–H and O–H groups in total. The fourth-order valence-corrected chi connectivity index (χ4v) is 1.24. The lowest BCUT2D eigenvalue weighted by Gasteiger charge is -2.16. The summed E-state index contributed by atoms with van der Waals surface area (Å²) in [5.41, 5.74) is 0. The molecule has 0 amide bonds. The van der Waals surface area contributed by atoms with Crippen molar-refractivity contribution in [3.8, 4) is 12.3 Å². The second-order valence-corrected chi connectivity index (χ2v) is 3.56. The summed E-state index contributed by atoms with van der Waals surface area (Å²) in [6, 6.07) is 0.605. The smallest absolute Gasteiger partial charge is 0.0211 e. The van der Waals surface area contributed by atoms with E-state index in [0.29, 0.717) is 6.04 Å². The third kappa shape index (κ3) is 6.24. The highest BCUT2D eigenvalue weighted by Gasteiger charge is 2.05. The minimum atomic E-state index is 0.605. The highest BCUT2D eigenvalue weighted by molar-refractivity contribution is 4.84. The summed E-state index contributed by atoms with van der Waals surface area (Å²) in [5, 5.41) is 3.41. The zero-order chi connectivity index (χ0) is 9.40. The SMILES string of the molecule is C#CCCNC(C)CC(C)CC. The first-order chi connectivity index (χ1) is 5.70. The van der Waals surface area contributed by atoms with Gasteiger partial charge in [-0.2, -0.15) is 0 Å². The Labute approximate surface area is 76.9 Å². The van der Waals surface area contributed by atoms with E-state index in [2.05, 4.69) is 32.0 Å². The van der Waals surface area contributed by atoms with Gasteiger partial charge in [0.2, 0.25) is 0 Å². The Kier molecular flexibility index (Phi) is 6.90. The van der Waals surface area contributed by atoms with Gasteiger partial charge in [0.05, 0.1) is 0 Å². The lowest BCUT2D eigenvalue weighted by atomic mass is 10.0. The first-order valence-electron chi connectivity index (χ1n) is 4.87. The third-order valence-electron chi connectivity index (χ3n) is 2.21. The fraction of sp³-hybridized carbons (Fsp3) is 0.818. The van der Waals surface area contributed by atoms with Gasteiger partial charge in [-0.05, 0) is 19.3 Å². The van der Waals surface area contributed by atoms with Gasteiger partial charge in [0, 0.05) is 19.0 Å². The van der Waals surface area contributed by atoms with Crippen LogP contribution in [0.4, 0.5) is 0 Å². The second-order valence-electron chi connectivity index (χ2n) is 3.56. The van der Waals surface area contributed by atoms with Crippen LogP contribution < -0.4 is 5.32 Å². The van der Waals surface area contributed by atoms with E-state index in [1.54, 1.807) is 0 Å². The average molecular weight is 167 g/mol. The lowest BCUT2D eigenvalue weighted by molar-refractivity contribution is 0.416. The van der Waals surface area contributed by atoms with Crippen molar-refractivity contribution in [3.05, 3.63) is 0 Å². The van der Waals surface area contributed by atoms with E-state index in [1.807, 2.05) is 0 Å². The van der Waals surface area contributed by atoms with E-state index in [1.165, 1.54) is 12.8 Å². The molecule has 0 aliphatic heterocycles. The standard InChI is InChI=1S/C11H21N/c1-5-7-8-12-11(4)9-10(3)6-2/h1,10-12H,6-9H2,2-4H3. The minimum Gasteiger partial charge on any atom is -0.313 e. The predicted molar refractivity (Wildman–Crippen MR) is 55.0 cm³/mol. The first-order valence-corrected chi connectivity index (χ1v) is 4.87. The van der Waals surface area contributed by atoms with Gasteiger partial charge in [0.25, 0.3) is 0 Å². The maximum absolute atomic E-state index is 5.15. The molecule has 1 nitrogen and oxygen atoms in total. The second kappa shape index (κ2) is 7.18. The molecule has 2 unspecified atom stereocenters. The Hall–Kier alpha value is -0.480. The Bertz CT molecular complexity index is 134. The molecule has 0 spiro atoms. The van der Waals surface area contributed by atoms with E-state index >= 15 is 0 Å². The molecule has 0 rings (SSSR count). The molecule has 0 saturated carbocycles. The molecule has 0 bridgehead atoms. The van der Waals surface area contributed by atoms with Crippen LogP contribution in [0.1, 0.15) is 40.0 Å². The molecule has 0 saturated heterocycles. The normalized spacial score (nSPS) is 15.2. The van der Waals surface area contributed by atoms with Crippen LogP contribution in [0.5, 0.6) is 0 Å². The Morgan fingerprint density at radius 3 is 2.58 bits per heavy atom. The predicted octanol–water partition coefficient (Wildman–Crippen LogP) is 2.42. The van der Waals surface area contributed by atoms with Crippen LogP contribution in [0.3, 0.4) is 0 Å². The van der Waals surface area contributed by atoms with Crippen molar-refractivity contribution >= 4 is 0 Å². The summed E-state index contributed by atoms with van der Waals surface area (Å²) in [6.45, 7) is 7.70. The van der Waals surface area contributed by atoms with E-state index in [-0.39, 0.29) is 0 Å². The molecule has 0 heterocycles. The summed E-state index contributed by atoms with van der Waals surface area (Å²) < 4.78 is 0. The largest absolute Gasteiger partial charge is 0.313 e. The van der Waals surface area contributed by atoms with Crippen molar-refractivity contribution in [2.45, 2.75) is 46.1 Å². The highest BCUT2D eigenvalue weighted by atomic mass is 14.9. The van der Waals surface area contributed by atoms with Crippen LogP contribution in [-0.4, -0.2) is 12.6 Å². The number of hydrogen-bond acceptors (Lipinski definition) is 1. The molecule has 0 aliphatic carbocycles. The van der Waals surface area contributed by atoms with Crippen LogP contribution in [0, 0.1) is 18.3 Å². The number of nitrogens with one attached hydrogen (secondary N) is 1. The summed E-state index contributed by atoms with van der Waals surface area (Å²) >= 11 is 0. The van der Waals surface area contributed by atoms with Gasteiger partial charge in [0.1, 0.15) is 0 Å². The first kappa shape index (κ1) is 11.5. The molecule has 12 heavy (non-hydrogen) atoms. The van der Waals surface area contributed by atoms with Crippen molar-refractivity contribution in [1.29, 1.82) is 0 Å². The molecule has 0 fully saturated rings. The molecule has 0 aliphatic rings. The molecular weight excluding hydrogens is 146 g/mol. The zero-order valence-electron chi connectivity index (χ0n) is 8.56. The molecule has 0 aromatic heterocycles. The van der Waals surface area contributed by atoms with E-state index in [9.17, 15) is 0 Å². The summed E-state index contributed by atoms with van der Waals surface area (Å²) in [5.74, 6) is 3.45. The zero-order valence-corrected chi connectivity index (χ0v) is 8.56. The van der Waals surface area contributed by atoms with E-state index in [0.717, 1.165) is 18.9 Å². The molecule has 1 heteroatoms. The number of terminal acetylenes is 1. The minimum absolute atomic E-state index is 0.605.